The van der Waals surface area contributed by atoms with Crippen molar-refractivity contribution < 1.29 is 23.8 Å². The van der Waals surface area contributed by atoms with E-state index in [-0.39, 0.29) is 13.0 Å². The van der Waals surface area contributed by atoms with Crippen LogP contribution in [0.1, 0.15) is 32.1 Å². The molecular formula is C14H17N5O6. The third kappa shape index (κ3) is 3.36. The van der Waals surface area contributed by atoms with E-state index >= 15 is 0 Å². The van der Waals surface area contributed by atoms with Crippen LogP contribution in [0, 0.1) is 6.92 Å². The van der Waals surface area contributed by atoms with Gasteiger partial charge in [0.15, 0.2) is 5.65 Å². The Morgan fingerprint density at radius 1 is 1.36 bits per heavy atom. The van der Waals surface area contributed by atoms with Crippen molar-refractivity contribution in [3.63, 3.8) is 0 Å². The Balaban J connectivity index is 1.90. The number of aryl methyl sites for hydroxylation is 1. The maximum Gasteiger partial charge on any atom is 0.354 e. The third-order valence-corrected chi connectivity index (χ3v) is 3.82. The van der Waals surface area contributed by atoms with Crippen LogP contribution in [0.2, 0.25) is 0 Å². The van der Waals surface area contributed by atoms with Crippen LogP contribution in [0.25, 0.3) is 5.65 Å². The van der Waals surface area contributed by atoms with Crippen LogP contribution in [0.3, 0.4) is 0 Å². The van der Waals surface area contributed by atoms with Crippen molar-refractivity contribution in [3.05, 3.63) is 22.2 Å². The quantitative estimate of drug-likeness (QED) is 0.662. The number of esters is 2. The Morgan fingerprint density at radius 2 is 2.12 bits per heavy atom. The van der Waals surface area contributed by atoms with Gasteiger partial charge in [0.25, 0.3) is 0 Å². The number of carbonyl (C=O) groups excluding carboxylic acids is 2. The summed E-state index contributed by atoms with van der Waals surface area (Å²) in [7, 11) is 0. The summed E-state index contributed by atoms with van der Waals surface area (Å²) in [5, 5.41) is 10.9. The smallest absolute Gasteiger partial charge is 0.354 e. The Morgan fingerprint density at radius 3 is 2.80 bits per heavy atom. The third-order valence-electron chi connectivity index (χ3n) is 3.82. The molecule has 0 saturated carbocycles. The fraction of sp³-hybridized carbons (Fsp3) is 0.571. The standard InChI is InChI=1S/C14H17N5O6/c1-7-5-18(14(22)19-13(7)15-16-17-19)12-4-10(24-9(3)21)11(25-12)6-23-8(2)20/h5,10-12H,4,6H2,1-3H3/t10-,11+,12+/m0/s1. The van der Waals surface area contributed by atoms with Crippen molar-refractivity contribution in [2.75, 3.05) is 6.61 Å². The van der Waals surface area contributed by atoms with Gasteiger partial charge in [-0.3, -0.25) is 14.2 Å². The van der Waals surface area contributed by atoms with Gasteiger partial charge >= 0.3 is 17.6 Å². The molecule has 0 spiro atoms. The lowest BCUT2D eigenvalue weighted by atomic mass is 10.2. The molecule has 2 aromatic heterocycles. The van der Waals surface area contributed by atoms with E-state index < -0.39 is 36.1 Å². The molecule has 1 fully saturated rings. The van der Waals surface area contributed by atoms with Crippen molar-refractivity contribution in [3.8, 4) is 0 Å². The molecule has 11 heteroatoms. The SMILES string of the molecule is CC(=O)OC[C@H]1O[C@@H](n2cc(C)c3nnnn3c2=O)C[C@@H]1OC(C)=O. The van der Waals surface area contributed by atoms with Gasteiger partial charge in [0, 0.05) is 32.0 Å². The van der Waals surface area contributed by atoms with E-state index in [0.717, 1.165) is 4.52 Å². The molecule has 134 valence electrons. The largest absolute Gasteiger partial charge is 0.463 e. The van der Waals surface area contributed by atoms with Crippen LogP contribution in [-0.2, 0) is 23.8 Å². The molecule has 25 heavy (non-hydrogen) atoms. The van der Waals surface area contributed by atoms with E-state index in [0.29, 0.717) is 11.2 Å². The minimum Gasteiger partial charge on any atom is -0.463 e. The van der Waals surface area contributed by atoms with Gasteiger partial charge in [0.1, 0.15) is 25.0 Å². The monoisotopic (exact) mass is 351 g/mol. The molecule has 1 aliphatic heterocycles. The molecule has 0 N–H and O–H groups in total. The zero-order valence-electron chi connectivity index (χ0n) is 13.9. The number of hydrogen-bond donors (Lipinski definition) is 0. The number of hydrogen-bond acceptors (Lipinski definition) is 9. The van der Waals surface area contributed by atoms with Gasteiger partial charge in [0.05, 0.1) is 0 Å². The van der Waals surface area contributed by atoms with E-state index in [1.807, 2.05) is 0 Å². The first kappa shape index (κ1) is 17.0. The summed E-state index contributed by atoms with van der Waals surface area (Å²) in [6.07, 6.45) is -0.200. The summed E-state index contributed by atoms with van der Waals surface area (Å²) in [6, 6.07) is 0. The van der Waals surface area contributed by atoms with Crippen molar-refractivity contribution in [2.24, 2.45) is 0 Å². The van der Waals surface area contributed by atoms with Gasteiger partial charge in [-0.1, -0.05) is 0 Å². The number of tetrazole rings is 1. The second kappa shape index (κ2) is 6.59. The molecule has 0 amide bonds. The van der Waals surface area contributed by atoms with Crippen LogP contribution < -0.4 is 5.69 Å². The number of aromatic nitrogens is 5. The van der Waals surface area contributed by atoms with Crippen LogP contribution in [0.15, 0.2) is 11.0 Å². The predicted octanol–water partition coefficient (Wildman–Crippen LogP) is -0.623. The number of rotatable bonds is 4. The summed E-state index contributed by atoms with van der Waals surface area (Å²) < 4.78 is 18.4. The first-order valence-electron chi connectivity index (χ1n) is 7.62. The zero-order valence-corrected chi connectivity index (χ0v) is 13.9. The van der Waals surface area contributed by atoms with Crippen molar-refractivity contribution in [2.45, 2.75) is 45.6 Å². The molecule has 11 nitrogen and oxygen atoms in total. The highest BCUT2D eigenvalue weighted by Crippen LogP contribution is 2.30. The molecule has 3 heterocycles. The van der Waals surface area contributed by atoms with E-state index in [1.54, 1.807) is 13.1 Å². The second-order valence-electron chi connectivity index (χ2n) is 5.73. The molecule has 0 radical (unpaired) electrons. The molecule has 0 bridgehead atoms. The molecule has 1 saturated heterocycles. The molecule has 0 aliphatic carbocycles. The van der Waals surface area contributed by atoms with Gasteiger partial charge in [-0.05, 0) is 17.4 Å². The molecule has 3 atom stereocenters. The molecule has 3 rings (SSSR count). The number of ether oxygens (including phenoxy) is 3. The average Bonchev–Trinajstić information content (AvgIpc) is 3.15. The molecular weight excluding hydrogens is 334 g/mol. The average molecular weight is 351 g/mol. The topological polar surface area (TPSA) is 127 Å². The van der Waals surface area contributed by atoms with E-state index in [2.05, 4.69) is 15.5 Å². The normalized spacial score (nSPS) is 22.9. The summed E-state index contributed by atoms with van der Waals surface area (Å²) in [5.74, 6) is -0.960. The molecule has 0 unspecified atom stereocenters. The Bertz CT molecular complexity index is 874. The molecule has 0 aromatic carbocycles. The van der Waals surface area contributed by atoms with Crippen LogP contribution in [0.4, 0.5) is 0 Å². The molecule has 2 aromatic rings. The van der Waals surface area contributed by atoms with E-state index in [9.17, 15) is 14.4 Å². The van der Waals surface area contributed by atoms with Gasteiger partial charge < -0.3 is 14.2 Å². The number of carbonyl (C=O) groups is 2. The van der Waals surface area contributed by atoms with Gasteiger partial charge in [0.2, 0.25) is 0 Å². The lowest BCUT2D eigenvalue weighted by Crippen LogP contribution is -2.32. The van der Waals surface area contributed by atoms with Crippen LogP contribution in [0.5, 0.6) is 0 Å². The number of fused-ring (bicyclic) bond motifs is 1. The van der Waals surface area contributed by atoms with E-state index in [1.165, 1.54) is 18.4 Å². The highest BCUT2D eigenvalue weighted by atomic mass is 16.6. The predicted molar refractivity (Wildman–Crippen MR) is 80.5 cm³/mol. The van der Waals surface area contributed by atoms with Gasteiger partial charge in [-0.25, -0.2) is 4.79 Å². The van der Waals surface area contributed by atoms with Crippen LogP contribution >= 0.6 is 0 Å². The lowest BCUT2D eigenvalue weighted by molar-refractivity contribution is -0.155. The highest BCUT2D eigenvalue weighted by molar-refractivity contribution is 5.66. The van der Waals surface area contributed by atoms with Crippen molar-refractivity contribution in [1.29, 1.82) is 0 Å². The Kier molecular flexibility index (Phi) is 4.49. The zero-order chi connectivity index (χ0) is 18.1. The highest BCUT2D eigenvalue weighted by Gasteiger charge is 2.40. The summed E-state index contributed by atoms with van der Waals surface area (Å²) in [5.41, 5.74) is 0.554. The fourth-order valence-electron chi connectivity index (χ4n) is 2.76. The minimum atomic E-state index is -0.704. The minimum absolute atomic E-state index is 0.0787. The molecule has 1 aliphatic rings. The maximum atomic E-state index is 12.5. The van der Waals surface area contributed by atoms with Crippen molar-refractivity contribution in [1.82, 2.24) is 24.6 Å². The first-order valence-corrected chi connectivity index (χ1v) is 7.62. The fourth-order valence-corrected chi connectivity index (χ4v) is 2.76. The van der Waals surface area contributed by atoms with Gasteiger partial charge in [-0.2, -0.15) is 0 Å². The first-order chi connectivity index (χ1) is 11.9. The summed E-state index contributed by atoms with van der Waals surface area (Å²) >= 11 is 0. The Labute approximate surface area is 141 Å². The van der Waals surface area contributed by atoms with E-state index in [4.69, 9.17) is 14.2 Å². The van der Waals surface area contributed by atoms with Gasteiger partial charge in [-0.15, -0.1) is 9.61 Å². The lowest BCUT2D eigenvalue weighted by Gasteiger charge is -2.17. The Hall–Kier alpha value is -2.82. The second-order valence-corrected chi connectivity index (χ2v) is 5.73. The maximum absolute atomic E-state index is 12.5. The summed E-state index contributed by atoms with van der Waals surface area (Å²) in [4.78, 5) is 34.9. The number of nitrogens with zero attached hydrogens (tertiary/aromatic N) is 5. The van der Waals surface area contributed by atoms with Crippen LogP contribution in [-0.4, -0.2) is 55.4 Å². The van der Waals surface area contributed by atoms with Crippen molar-refractivity contribution >= 4 is 17.6 Å². The summed E-state index contributed by atoms with van der Waals surface area (Å²) in [6.45, 7) is 4.23.